The van der Waals surface area contributed by atoms with Gasteiger partial charge in [-0.2, -0.15) is 0 Å². The Hall–Kier alpha value is -0.900. The molecule has 0 aliphatic rings. The standard InChI is InChI=1S/C12H24N4/c1-3-6-12(2)9-13-7-4-5-8-16-10-14-15-11-16/h10-13H,3-9H2,1-2H3. The molecule has 1 N–H and O–H groups in total. The summed E-state index contributed by atoms with van der Waals surface area (Å²) in [5, 5.41) is 11.1. The van der Waals surface area contributed by atoms with Gasteiger partial charge in [-0.25, -0.2) is 0 Å². The van der Waals surface area contributed by atoms with Crippen molar-refractivity contribution in [1.29, 1.82) is 0 Å². The highest BCUT2D eigenvalue weighted by atomic mass is 15.2. The second kappa shape index (κ2) is 8.28. The molecule has 4 nitrogen and oxygen atoms in total. The van der Waals surface area contributed by atoms with Crippen molar-refractivity contribution < 1.29 is 0 Å². The van der Waals surface area contributed by atoms with Gasteiger partial charge in [0.2, 0.25) is 0 Å². The Morgan fingerprint density at radius 2 is 2.00 bits per heavy atom. The Labute approximate surface area is 98.5 Å². The summed E-state index contributed by atoms with van der Waals surface area (Å²) in [7, 11) is 0. The van der Waals surface area contributed by atoms with E-state index in [1.807, 2.05) is 4.57 Å². The van der Waals surface area contributed by atoms with E-state index in [0.29, 0.717) is 0 Å². The summed E-state index contributed by atoms with van der Waals surface area (Å²) < 4.78 is 2.03. The number of aromatic nitrogens is 3. The van der Waals surface area contributed by atoms with Gasteiger partial charge in [-0.3, -0.25) is 0 Å². The fourth-order valence-corrected chi connectivity index (χ4v) is 1.83. The molecule has 0 fully saturated rings. The largest absolute Gasteiger partial charge is 0.320 e. The number of aryl methyl sites for hydroxylation is 1. The Bertz CT molecular complexity index is 246. The van der Waals surface area contributed by atoms with Crippen LogP contribution >= 0.6 is 0 Å². The van der Waals surface area contributed by atoms with E-state index in [0.717, 1.165) is 25.6 Å². The number of nitrogens with zero attached hydrogens (tertiary/aromatic N) is 3. The highest BCUT2D eigenvalue weighted by molar-refractivity contribution is 4.61. The molecule has 0 aliphatic carbocycles. The Balaban J connectivity index is 1.88. The predicted molar refractivity (Wildman–Crippen MR) is 66.2 cm³/mol. The number of rotatable bonds is 9. The third-order valence-electron chi connectivity index (χ3n) is 2.76. The molecule has 4 heteroatoms. The zero-order chi connectivity index (χ0) is 11.6. The molecular weight excluding hydrogens is 200 g/mol. The minimum absolute atomic E-state index is 0.808. The molecule has 0 amide bonds. The molecule has 0 spiro atoms. The van der Waals surface area contributed by atoms with Gasteiger partial charge in [-0.15, -0.1) is 10.2 Å². The molecule has 0 saturated heterocycles. The maximum absolute atomic E-state index is 3.78. The molecular formula is C12H24N4. The van der Waals surface area contributed by atoms with Crippen LogP contribution in [0.15, 0.2) is 12.7 Å². The molecule has 0 aliphatic heterocycles. The monoisotopic (exact) mass is 224 g/mol. The lowest BCUT2D eigenvalue weighted by Crippen LogP contribution is -2.22. The van der Waals surface area contributed by atoms with Crippen LogP contribution in [0.25, 0.3) is 0 Å². The fourth-order valence-electron chi connectivity index (χ4n) is 1.83. The topological polar surface area (TPSA) is 42.7 Å². The van der Waals surface area contributed by atoms with Crippen LogP contribution in [0, 0.1) is 5.92 Å². The van der Waals surface area contributed by atoms with E-state index in [1.165, 1.54) is 25.7 Å². The van der Waals surface area contributed by atoms with Gasteiger partial charge in [0.15, 0.2) is 0 Å². The second-order valence-corrected chi connectivity index (χ2v) is 4.50. The van der Waals surface area contributed by atoms with Crippen LogP contribution in [-0.2, 0) is 6.54 Å². The summed E-state index contributed by atoms with van der Waals surface area (Å²) in [5.41, 5.74) is 0. The summed E-state index contributed by atoms with van der Waals surface area (Å²) in [6, 6.07) is 0. The lowest BCUT2D eigenvalue weighted by Gasteiger charge is -2.11. The van der Waals surface area contributed by atoms with Crippen LogP contribution in [0.2, 0.25) is 0 Å². The third kappa shape index (κ3) is 5.85. The quantitative estimate of drug-likeness (QED) is 0.653. The van der Waals surface area contributed by atoms with Gasteiger partial charge >= 0.3 is 0 Å². The summed E-state index contributed by atoms with van der Waals surface area (Å²) in [6.45, 7) is 7.86. The normalized spacial score (nSPS) is 12.9. The van der Waals surface area contributed by atoms with Crippen molar-refractivity contribution in [1.82, 2.24) is 20.1 Å². The van der Waals surface area contributed by atoms with Gasteiger partial charge in [0.05, 0.1) is 0 Å². The van der Waals surface area contributed by atoms with Crippen LogP contribution in [0.3, 0.4) is 0 Å². The van der Waals surface area contributed by atoms with Crippen molar-refractivity contribution in [2.24, 2.45) is 5.92 Å². The SMILES string of the molecule is CCCC(C)CNCCCCn1cnnc1. The van der Waals surface area contributed by atoms with Crippen LogP contribution in [-0.4, -0.2) is 27.9 Å². The van der Waals surface area contributed by atoms with Crippen molar-refractivity contribution in [3.63, 3.8) is 0 Å². The number of hydrogen-bond acceptors (Lipinski definition) is 3. The maximum atomic E-state index is 3.78. The minimum Gasteiger partial charge on any atom is -0.320 e. The van der Waals surface area contributed by atoms with Crippen molar-refractivity contribution >= 4 is 0 Å². The molecule has 92 valence electrons. The first kappa shape index (κ1) is 13.2. The molecule has 16 heavy (non-hydrogen) atoms. The van der Waals surface area contributed by atoms with Gasteiger partial charge < -0.3 is 9.88 Å². The number of hydrogen-bond donors (Lipinski definition) is 1. The molecule has 1 heterocycles. The molecule has 0 radical (unpaired) electrons. The van der Waals surface area contributed by atoms with Gasteiger partial charge in [-0.1, -0.05) is 20.3 Å². The minimum atomic E-state index is 0.808. The first-order chi connectivity index (χ1) is 7.83. The molecule has 1 unspecified atom stereocenters. The molecule has 1 aromatic heterocycles. The molecule has 0 bridgehead atoms. The van der Waals surface area contributed by atoms with E-state index in [4.69, 9.17) is 0 Å². The van der Waals surface area contributed by atoms with Gasteiger partial charge in [0.1, 0.15) is 12.7 Å². The molecule has 1 aromatic rings. The van der Waals surface area contributed by atoms with Crippen molar-refractivity contribution in [2.75, 3.05) is 13.1 Å². The lowest BCUT2D eigenvalue weighted by molar-refractivity contribution is 0.465. The fraction of sp³-hybridized carbons (Fsp3) is 0.833. The first-order valence-corrected chi connectivity index (χ1v) is 6.36. The molecule has 0 aromatic carbocycles. The van der Waals surface area contributed by atoms with Gasteiger partial charge in [-0.05, 0) is 38.3 Å². The Morgan fingerprint density at radius 1 is 1.25 bits per heavy atom. The molecule has 0 saturated carbocycles. The van der Waals surface area contributed by atoms with Crippen molar-refractivity contribution in [2.45, 2.75) is 46.1 Å². The van der Waals surface area contributed by atoms with Crippen LogP contribution in [0.5, 0.6) is 0 Å². The Morgan fingerprint density at radius 3 is 2.69 bits per heavy atom. The van der Waals surface area contributed by atoms with E-state index < -0.39 is 0 Å². The summed E-state index contributed by atoms with van der Waals surface area (Å²) in [6.07, 6.45) is 8.57. The van der Waals surface area contributed by atoms with Gasteiger partial charge in [0, 0.05) is 6.54 Å². The zero-order valence-electron chi connectivity index (χ0n) is 10.5. The van der Waals surface area contributed by atoms with E-state index in [1.54, 1.807) is 12.7 Å². The molecule has 1 rings (SSSR count). The highest BCUT2D eigenvalue weighted by Crippen LogP contribution is 2.02. The summed E-state index contributed by atoms with van der Waals surface area (Å²) in [4.78, 5) is 0. The highest BCUT2D eigenvalue weighted by Gasteiger charge is 1.99. The number of nitrogens with one attached hydrogen (secondary N) is 1. The first-order valence-electron chi connectivity index (χ1n) is 6.36. The van der Waals surface area contributed by atoms with Crippen molar-refractivity contribution in [3.8, 4) is 0 Å². The number of unbranched alkanes of at least 4 members (excludes halogenated alkanes) is 1. The lowest BCUT2D eigenvalue weighted by atomic mass is 10.1. The second-order valence-electron chi connectivity index (χ2n) is 4.50. The van der Waals surface area contributed by atoms with Crippen LogP contribution in [0.4, 0.5) is 0 Å². The average molecular weight is 224 g/mol. The van der Waals surface area contributed by atoms with Crippen LogP contribution in [0.1, 0.15) is 39.5 Å². The Kier molecular flexibility index (Phi) is 6.81. The van der Waals surface area contributed by atoms with E-state index >= 15 is 0 Å². The third-order valence-corrected chi connectivity index (χ3v) is 2.76. The smallest absolute Gasteiger partial charge is 0.119 e. The van der Waals surface area contributed by atoms with Gasteiger partial charge in [0.25, 0.3) is 0 Å². The van der Waals surface area contributed by atoms with Crippen LogP contribution < -0.4 is 5.32 Å². The zero-order valence-corrected chi connectivity index (χ0v) is 10.5. The maximum Gasteiger partial charge on any atom is 0.119 e. The van der Waals surface area contributed by atoms with Crippen molar-refractivity contribution in [3.05, 3.63) is 12.7 Å². The van der Waals surface area contributed by atoms with E-state index in [9.17, 15) is 0 Å². The predicted octanol–water partition coefficient (Wildman–Crippen LogP) is 2.08. The average Bonchev–Trinajstić information content (AvgIpc) is 2.76. The molecule has 1 atom stereocenters. The summed E-state index contributed by atoms with van der Waals surface area (Å²) in [5.74, 6) is 0.808. The van der Waals surface area contributed by atoms with E-state index in [-0.39, 0.29) is 0 Å². The summed E-state index contributed by atoms with van der Waals surface area (Å²) >= 11 is 0. The van der Waals surface area contributed by atoms with E-state index in [2.05, 4.69) is 29.4 Å².